The van der Waals surface area contributed by atoms with Gasteiger partial charge in [-0.3, -0.25) is 0 Å². The van der Waals surface area contributed by atoms with Crippen LogP contribution in [0, 0.1) is 0 Å². The summed E-state index contributed by atoms with van der Waals surface area (Å²) in [6.45, 7) is -1.23. The number of carbonyl (C=O) groups excluding carboxylic acids is 1. The van der Waals surface area contributed by atoms with Crippen LogP contribution in [-0.4, -0.2) is 87.8 Å². The number of ether oxygens (including phenoxy) is 3. The summed E-state index contributed by atoms with van der Waals surface area (Å²) in [5.74, 6) is -13.4. The minimum atomic E-state index is -5.46. The first-order chi connectivity index (χ1) is 17.8. The Labute approximate surface area is 212 Å². The molecule has 0 fully saturated rings. The Morgan fingerprint density at radius 1 is 1.05 bits per heavy atom. The molecule has 1 aliphatic rings. The van der Waals surface area contributed by atoms with Crippen LogP contribution >= 0.6 is 0 Å². The molecule has 0 bridgehead atoms. The van der Waals surface area contributed by atoms with Gasteiger partial charge in [-0.25, -0.2) is 4.79 Å². The van der Waals surface area contributed by atoms with E-state index in [0.717, 1.165) is 5.64 Å². The van der Waals surface area contributed by atoms with E-state index in [9.17, 15) is 56.7 Å². The largest absolute Gasteiger partial charge is 0.573 e. The first kappa shape index (κ1) is 32.4. The van der Waals surface area contributed by atoms with Gasteiger partial charge in [-0.15, -0.1) is 13.2 Å². The monoisotopic (exact) mass is 588 g/mol. The van der Waals surface area contributed by atoms with Crippen molar-refractivity contribution in [3.63, 3.8) is 0 Å². The van der Waals surface area contributed by atoms with E-state index >= 15 is 0 Å². The number of nitrogens with two attached hydrogens (primary N) is 2. The zero-order valence-electron chi connectivity index (χ0n) is 19.3. The molecule has 1 heterocycles. The molecule has 1 aromatic rings. The molecule has 0 saturated carbocycles. The molecule has 0 amide bonds. The van der Waals surface area contributed by atoms with E-state index in [0.29, 0.717) is 6.07 Å². The molecular weight excluding hydrogens is 566 g/mol. The van der Waals surface area contributed by atoms with Gasteiger partial charge < -0.3 is 39.7 Å². The summed E-state index contributed by atoms with van der Waals surface area (Å²) < 4.78 is 93.2. The second-order valence-corrected chi connectivity index (χ2v) is 7.52. The number of rotatable bonds is 12. The van der Waals surface area contributed by atoms with Gasteiger partial charge in [0.25, 0.3) is 5.79 Å². The third kappa shape index (κ3) is 8.33. The highest BCUT2D eigenvalue weighted by atomic mass is 19.4. The number of halogens is 6. The summed E-state index contributed by atoms with van der Waals surface area (Å²) >= 11 is 0. The van der Waals surface area contributed by atoms with Gasteiger partial charge in [0.1, 0.15) is 24.7 Å². The molecule has 0 aromatic heterocycles. The van der Waals surface area contributed by atoms with Gasteiger partial charge in [0.05, 0.1) is 18.2 Å². The van der Waals surface area contributed by atoms with Crippen LogP contribution in [0.15, 0.2) is 17.7 Å². The summed E-state index contributed by atoms with van der Waals surface area (Å²) in [6, 6.07) is 0.352. The Hall–Kier alpha value is -2.83. The van der Waals surface area contributed by atoms with Crippen LogP contribution in [0.3, 0.4) is 0 Å². The van der Waals surface area contributed by atoms with Crippen molar-refractivity contribution in [2.75, 3.05) is 20.3 Å². The summed E-state index contributed by atoms with van der Waals surface area (Å²) in [5.41, 5.74) is -3.00. The molecular formula is C18H22F6N2O13+2. The van der Waals surface area contributed by atoms with Crippen LogP contribution in [-0.2, 0) is 29.8 Å². The van der Waals surface area contributed by atoms with E-state index in [2.05, 4.69) is 19.1 Å². The molecule has 222 valence electrons. The normalized spacial score (nSPS) is 17.2. The van der Waals surface area contributed by atoms with Gasteiger partial charge in [0.15, 0.2) is 6.10 Å². The van der Waals surface area contributed by atoms with Crippen LogP contribution in [0.1, 0.15) is 11.1 Å². The highest BCUT2D eigenvalue weighted by Gasteiger charge is 2.54. The van der Waals surface area contributed by atoms with Gasteiger partial charge >= 0.3 is 24.5 Å². The number of hydrogen-bond acceptors (Lipinski definition) is 13. The molecule has 1 aliphatic heterocycles. The molecule has 21 heteroatoms. The molecule has 2 rings (SSSR count). The lowest BCUT2D eigenvalue weighted by molar-refractivity contribution is -1.07. The van der Waals surface area contributed by atoms with Gasteiger partial charge in [-0.2, -0.15) is 32.9 Å². The van der Waals surface area contributed by atoms with Crippen molar-refractivity contribution in [1.82, 2.24) is 0 Å². The van der Waals surface area contributed by atoms with Gasteiger partial charge in [0, 0.05) is 5.56 Å². The number of carbonyl (C=O) groups is 1. The van der Waals surface area contributed by atoms with Crippen LogP contribution in [0.2, 0.25) is 0 Å². The fourth-order valence-electron chi connectivity index (χ4n) is 3.03. The first-order valence-corrected chi connectivity index (χ1v) is 10.1. The van der Waals surface area contributed by atoms with E-state index in [-0.39, 0.29) is 17.8 Å². The molecule has 2 atom stereocenters. The Bertz CT molecular complexity index is 1040. The summed E-state index contributed by atoms with van der Waals surface area (Å²) in [4.78, 5) is 26.5. The summed E-state index contributed by atoms with van der Waals surface area (Å²) in [7, 11) is 1.17. The van der Waals surface area contributed by atoms with Gasteiger partial charge in [-0.1, -0.05) is 11.3 Å². The number of esters is 1. The van der Waals surface area contributed by atoms with Crippen molar-refractivity contribution >= 4 is 12.0 Å². The first-order valence-electron chi connectivity index (χ1n) is 10.1. The fraction of sp³-hybridized carbons (Fsp3) is 0.500. The third-order valence-corrected chi connectivity index (χ3v) is 4.61. The maximum Gasteiger partial charge on any atom is 0.573 e. The number of benzene rings is 1. The lowest BCUT2D eigenvalue weighted by atomic mass is 9.94. The number of aliphatic hydroxyl groups is 5. The van der Waals surface area contributed by atoms with Gasteiger partial charge in [-0.05, 0) is 18.2 Å². The zero-order chi connectivity index (χ0) is 29.8. The number of quaternary nitrogens is 2. The average Bonchev–Trinajstić information content (AvgIpc) is 2.78. The molecule has 15 nitrogen and oxygen atoms in total. The van der Waals surface area contributed by atoms with E-state index in [1.165, 1.54) is 7.11 Å². The Balaban J connectivity index is 2.65. The summed E-state index contributed by atoms with van der Waals surface area (Å²) in [6.07, 6.45) is -15.4. The molecule has 2 unspecified atom stereocenters. The highest BCUT2D eigenvalue weighted by molar-refractivity contribution is 5.96. The Morgan fingerprint density at radius 2 is 1.67 bits per heavy atom. The number of hydrogen-bond donors (Lipinski definition) is 8. The minimum Gasteiger partial charge on any atom is -0.475 e. The lowest BCUT2D eigenvalue weighted by Gasteiger charge is -2.35. The number of fused-ring (bicyclic) bond motifs is 1. The predicted octanol–water partition coefficient (Wildman–Crippen LogP) is -3.09. The minimum absolute atomic E-state index is 0.00325. The third-order valence-electron chi connectivity index (χ3n) is 4.61. The van der Waals surface area contributed by atoms with Crippen molar-refractivity contribution in [3.05, 3.63) is 28.8 Å². The zero-order valence-corrected chi connectivity index (χ0v) is 19.3. The van der Waals surface area contributed by atoms with E-state index in [4.69, 9.17) is 14.8 Å². The predicted molar refractivity (Wildman–Crippen MR) is 102 cm³/mol. The smallest absolute Gasteiger partial charge is 0.475 e. The second-order valence-electron chi connectivity index (χ2n) is 7.52. The maximum absolute atomic E-state index is 13.9. The van der Waals surface area contributed by atoms with E-state index < -0.39 is 83.9 Å². The quantitative estimate of drug-likeness (QED) is 0.0399. The second kappa shape index (κ2) is 12.1. The molecule has 0 saturated heterocycles. The molecule has 0 radical (unpaired) electrons. The average molecular weight is 588 g/mol. The Kier molecular flexibility index (Phi) is 10.1. The van der Waals surface area contributed by atoms with Crippen molar-refractivity contribution in [2.45, 2.75) is 36.5 Å². The SMILES string of the molecule is CO[NH2+]OCC(CO[NH2+]O)OC(=O)C1=Cc2cc(OC(F)(F)F)cc(C(O)(O)C(O)(O)O)c2OC1C(F)(F)F. The topological polar surface area (TPSA) is 227 Å². The van der Waals surface area contributed by atoms with Crippen LogP contribution < -0.4 is 20.8 Å². The highest BCUT2D eigenvalue weighted by Crippen LogP contribution is 2.46. The molecule has 10 N–H and O–H groups in total. The van der Waals surface area contributed by atoms with Crippen LogP contribution in [0.5, 0.6) is 11.5 Å². The van der Waals surface area contributed by atoms with Crippen molar-refractivity contribution < 1.29 is 102 Å². The molecule has 39 heavy (non-hydrogen) atoms. The van der Waals surface area contributed by atoms with Crippen LogP contribution in [0.25, 0.3) is 6.08 Å². The lowest BCUT2D eigenvalue weighted by Crippen LogP contribution is -2.82. The maximum atomic E-state index is 13.9. The number of alkyl halides is 6. The van der Waals surface area contributed by atoms with E-state index in [1.54, 1.807) is 0 Å². The van der Waals surface area contributed by atoms with Crippen molar-refractivity contribution in [2.24, 2.45) is 0 Å². The van der Waals surface area contributed by atoms with Crippen molar-refractivity contribution in [3.8, 4) is 11.5 Å². The fourth-order valence-corrected chi connectivity index (χ4v) is 3.03. The van der Waals surface area contributed by atoms with Gasteiger partial charge in [0.2, 0.25) is 6.10 Å². The van der Waals surface area contributed by atoms with Crippen molar-refractivity contribution in [1.29, 1.82) is 0 Å². The molecule has 0 aliphatic carbocycles. The molecule has 1 aromatic carbocycles. The van der Waals surface area contributed by atoms with Crippen LogP contribution in [0.4, 0.5) is 26.3 Å². The standard InChI is InChI=1S/C18H22F6N2O13/c1-34-26-36-6-9(5-35-25-33)37-14(27)10-3-7-2-8(39-18(22,23)24)4-11(15(28,29)17(30,31)32)12(7)38-13(10)16(19,20)21/h2-4,9,13,28-33H,5-6,25-26H2,1H3/q+2. The van der Waals surface area contributed by atoms with E-state index in [1.807, 2.05) is 0 Å². The molecule has 0 spiro atoms. The summed E-state index contributed by atoms with van der Waals surface area (Å²) in [5, 5.41) is 56.5. The Morgan fingerprint density at radius 3 is 2.18 bits per heavy atom.